The molecule has 118 valence electrons. The van der Waals surface area contributed by atoms with Crippen LogP contribution in [0.15, 0.2) is 36.4 Å². The number of carboxylic acid groups (broad SMARTS) is 1. The summed E-state index contributed by atoms with van der Waals surface area (Å²) in [5.74, 6) is -1.53. The van der Waals surface area contributed by atoms with Crippen LogP contribution >= 0.6 is 11.3 Å². The van der Waals surface area contributed by atoms with Crippen LogP contribution in [0.4, 0.5) is 10.7 Å². The number of nitro groups is 1. The second kappa shape index (κ2) is 6.84. The molecule has 0 unspecified atom stereocenters. The molecular formula is C15H12N2O5S. The summed E-state index contributed by atoms with van der Waals surface area (Å²) in [6.45, 7) is 1.74. The molecule has 0 spiro atoms. The molecule has 2 N–H and O–H groups in total. The number of hydrogen-bond donors (Lipinski definition) is 2. The Morgan fingerprint density at radius 1 is 1.30 bits per heavy atom. The van der Waals surface area contributed by atoms with Crippen LogP contribution in [0.5, 0.6) is 0 Å². The quantitative estimate of drug-likeness (QED) is 0.496. The van der Waals surface area contributed by atoms with E-state index in [0.717, 1.165) is 16.9 Å². The standard InChI is InChI=1S/C15H12N2O5S/c1-9-2-3-10(15(19)20)8-12(9)16-13(18)6-4-11-5-7-14(23-11)17(21)22/h2-8H,1H3,(H,16,18)(H,19,20)/b6-4+. The van der Waals surface area contributed by atoms with Crippen molar-refractivity contribution in [3.8, 4) is 0 Å². The van der Waals surface area contributed by atoms with Crippen molar-refractivity contribution in [2.75, 3.05) is 5.32 Å². The predicted octanol–water partition coefficient (Wildman–Crippen LogP) is 3.31. The first kappa shape index (κ1) is 16.4. The van der Waals surface area contributed by atoms with Crippen molar-refractivity contribution in [1.82, 2.24) is 0 Å². The first-order valence-corrected chi connectivity index (χ1v) is 7.25. The largest absolute Gasteiger partial charge is 0.478 e. The van der Waals surface area contributed by atoms with Gasteiger partial charge in [-0.3, -0.25) is 14.9 Å². The molecule has 2 rings (SSSR count). The van der Waals surface area contributed by atoms with Gasteiger partial charge in [0.05, 0.1) is 10.5 Å². The van der Waals surface area contributed by atoms with E-state index in [0.29, 0.717) is 10.6 Å². The molecule has 0 saturated carbocycles. The van der Waals surface area contributed by atoms with Gasteiger partial charge in [-0.05, 0) is 36.8 Å². The van der Waals surface area contributed by atoms with Crippen LogP contribution < -0.4 is 5.32 Å². The van der Waals surface area contributed by atoms with Gasteiger partial charge in [-0.25, -0.2) is 4.79 Å². The summed E-state index contributed by atoms with van der Waals surface area (Å²) in [5, 5.41) is 22.1. The van der Waals surface area contributed by atoms with Crippen molar-refractivity contribution in [1.29, 1.82) is 0 Å². The summed E-state index contributed by atoms with van der Waals surface area (Å²) in [5.41, 5.74) is 1.20. The number of anilines is 1. The Morgan fingerprint density at radius 2 is 2.04 bits per heavy atom. The Kier molecular flexibility index (Phi) is 4.87. The highest BCUT2D eigenvalue weighted by Crippen LogP contribution is 2.25. The average Bonchev–Trinajstić information content (AvgIpc) is 2.96. The highest BCUT2D eigenvalue weighted by atomic mass is 32.1. The van der Waals surface area contributed by atoms with Gasteiger partial charge in [0, 0.05) is 22.7 Å². The Bertz CT molecular complexity index is 810. The minimum atomic E-state index is -1.08. The topological polar surface area (TPSA) is 110 Å². The smallest absolute Gasteiger partial charge is 0.335 e. The van der Waals surface area contributed by atoms with Crippen molar-refractivity contribution < 1.29 is 19.6 Å². The second-order valence-corrected chi connectivity index (χ2v) is 5.68. The lowest BCUT2D eigenvalue weighted by Gasteiger charge is -2.07. The first-order valence-electron chi connectivity index (χ1n) is 6.44. The third kappa shape index (κ3) is 4.24. The minimum absolute atomic E-state index is 0.00457. The Labute approximate surface area is 135 Å². The molecule has 0 fully saturated rings. The number of hydrogen-bond acceptors (Lipinski definition) is 5. The monoisotopic (exact) mass is 332 g/mol. The predicted molar refractivity (Wildman–Crippen MR) is 86.8 cm³/mol. The van der Waals surface area contributed by atoms with Crippen LogP contribution in [-0.2, 0) is 4.79 Å². The van der Waals surface area contributed by atoms with Gasteiger partial charge in [0.2, 0.25) is 5.91 Å². The number of carbonyl (C=O) groups is 2. The van der Waals surface area contributed by atoms with Gasteiger partial charge in [0.25, 0.3) is 0 Å². The molecular weight excluding hydrogens is 320 g/mol. The molecule has 0 bridgehead atoms. The van der Waals surface area contributed by atoms with E-state index in [9.17, 15) is 19.7 Å². The fraction of sp³-hybridized carbons (Fsp3) is 0.0667. The zero-order valence-corrected chi connectivity index (χ0v) is 12.8. The molecule has 0 aliphatic heterocycles. The number of amides is 1. The van der Waals surface area contributed by atoms with E-state index < -0.39 is 16.8 Å². The molecule has 2 aromatic rings. The van der Waals surface area contributed by atoms with Gasteiger partial charge < -0.3 is 10.4 Å². The summed E-state index contributed by atoms with van der Waals surface area (Å²) in [7, 11) is 0. The molecule has 0 aliphatic rings. The summed E-state index contributed by atoms with van der Waals surface area (Å²) in [6.07, 6.45) is 2.70. The number of benzene rings is 1. The molecule has 1 heterocycles. The molecule has 8 heteroatoms. The van der Waals surface area contributed by atoms with E-state index >= 15 is 0 Å². The maximum Gasteiger partial charge on any atom is 0.335 e. The van der Waals surface area contributed by atoms with Crippen molar-refractivity contribution in [3.63, 3.8) is 0 Å². The average molecular weight is 332 g/mol. The Balaban J connectivity index is 2.09. The fourth-order valence-corrected chi connectivity index (χ4v) is 2.48. The van der Waals surface area contributed by atoms with Crippen molar-refractivity contribution >= 4 is 40.0 Å². The molecule has 1 amide bonds. The van der Waals surface area contributed by atoms with Gasteiger partial charge in [0.15, 0.2) is 0 Å². The highest BCUT2D eigenvalue weighted by Gasteiger charge is 2.09. The lowest BCUT2D eigenvalue weighted by molar-refractivity contribution is -0.380. The van der Waals surface area contributed by atoms with Crippen LogP contribution in [0.3, 0.4) is 0 Å². The van der Waals surface area contributed by atoms with E-state index in [2.05, 4.69) is 5.32 Å². The number of thiophene rings is 1. The number of aryl methyl sites for hydroxylation is 1. The van der Waals surface area contributed by atoms with E-state index in [1.165, 1.54) is 30.4 Å². The van der Waals surface area contributed by atoms with Crippen LogP contribution in [0.1, 0.15) is 20.8 Å². The van der Waals surface area contributed by atoms with E-state index in [1.807, 2.05) is 0 Å². The third-order valence-corrected chi connectivity index (χ3v) is 3.94. The fourth-order valence-electron chi connectivity index (χ4n) is 1.75. The first-order chi connectivity index (χ1) is 10.9. The number of carbonyl (C=O) groups excluding carboxylic acids is 1. The summed E-state index contributed by atoms with van der Waals surface area (Å²) in [6, 6.07) is 7.34. The zero-order chi connectivity index (χ0) is 17.0. The van der Waals surface area contributed by atoms with Gasteiger partial charge in [-0.2, -0.15) is 0 Å². The molecule has 1 aromatic heterocycles. The number of nitrogens with one attached hydrogen (secondary N) is 1. The number of nitrogens with zero attached hydrogens (tertiary/aromatic N) is 1. The van der Waals surface area contributed by atoms with Crippen molar-refractivity contribution in [2.45, 2.75) is 6.92 Å². The van der Waals surface area contributed by atoms with Crippen LogP contribution in [-0.4, -0.2) is 21.9 Å². The summed E-state index contributed by atoms with van der Waals surface area (Å²) >= 11 is 0.955. The Hall–Kier alpha value is -3.00. The van der Waals surface area contributed by atoms with Crippen molar-refractivity contribution in [2.24, 2.45) is 0 Å². The SMILES string of the molecule is Cc1ccc(C(=O)O)cc1NC(=O)/C=C/c1ccc([N+](=O)[O-])s1. The molecule has 23 heavy (non-hydrogen) atoms. The van der Waals surface area contributed by atoms with E-state index in [1.54, 1.807) is 19.1 Å². The van der Waals surface area contributed by atoms with Gasteiger partial charge >= 0.3 is 11.0 Å². The number of carboxylic acids is 1. The summed E-state index contributed by atoms with van der Waals surface area (Å²) < 4.78 is 0. The molecule has 0 atom stereocenters. The lowest BCUT2D eigenvalue weighted by atomic mass is 10.1. The van der Waals surface area contributed by atoms with Gasteiger partial charge in [-0.1, -0.05) is 17.4 Å². The molecule has 7 nitrogen and oxygen atoms in total. The van der Waals surface area contributed by atoms with E-state index in [4.69, 9.17) is 5.11 Å². The van der Waals surface area contributed by atoms with Gasteiger partial charge in [-0.15, -0.1) is 0 Å². The lowest BCUT2D eigenvalue weighted by Crippen LogP contribution is -2.10. The third-order valence-electron chi connectivity index (χ3n) is 2.93. The summed E-state index contributed by atoms with van der Waals surface area (Å²) in [4.78, 5) is 33.5. The van der Waals surface area contributed by atoms with Gasteiger partial charge in [0.1, 0.15) is 0 Å². The number of rotatable bonds is 5. The second-order valence-electron chi connectivity index (χ2n) is 4.59. The highest BCUT2D eigenvalue weighted by molar-refractivity contribution is 7.16. The molecule has 0 radical (unpaired) electrons. The normalized spacial score (nSPS) is 10.7. The van der Waals surface area contributed by atoms with Crippen LogP contribution in [0.25, 0.3) is 6.08 Å². The minimum Gasteiger partial charge on any atom is -0.478 e. The maximum absolute atomic E-state index is 11.9. The molecule has 0 aliphatic carbocycles. The Morgan fingerprint density at radius 3 is 2.65 bits per heavy atom. The van der Waals surface area contributed by atoms with Crippen LogP contribution in [0.2, 0.25) is 0 Å². The van der Waals surface area contributed by atoms with Crippen molar-refractivity contribution in [3.05, 3.63) is 62.5 Å². The molecule has 0 saturated heterocycles. The maximum atomic E-state index is 11.9. The van der Waals surface area contributed by atoms with E-state index in [-0.39, 0.29) is 10.6 Å². The van der Waals surface area contributed by atoms with Crippen LogP contribution in [0, 0.1) is 17.0 Å². The molecule has 1 aromatic carbocycles. The zero-order valence-electron chi connectivity index (χ0n) is 12.0. The number of aromatic carboxylic acids is 1.